The molecule has 4 nitrogen and oxygen atoms in total. The average molecular weight is 229 g/mol. The van der Waals surface area contributed by atoms with Crippen molar-refractivity contribution < 1.29 is 14.6 Å². The fraction of sp³-hybridized carbons (Fsp3) is 0. The highest BCUT2D eigenvalue weighted by Crippen LogP contribution is 2.20. The fourth-order valence-corrected chi connectivity index (χ4v) is 1.26. The third kappa shape index (κ3) is 2.75. The lowest BCUT2D eigenvalue weighted by atomic mass is 10.2. The van der Waals surface area contributed by atoms with Crippen LogP contribution in [0.1, 0.15) is 10.4 Å². The molecule has 4 heteroatoms. The molecule has 0 saturated carbocycles. The van der Waals surface area contributed by atoms with Gasteiger partial charge in [0.05, 0.1) is 11.3 Å². The molecule has 0 aromatic heterocycles. The number of nitrogens with two attached hydrogens (primary N) is 1. The number of benzene rings is 2. The second-order valence-corrected chi connectivity index (χ2v) is 3.36. The number of hydrogen-bond acceptors (Lipinski definition) is 4. The van der Waals surface area contributed by atoms with Crippen LogP contribution in [0.15, 0.2) is 54.6 Å². The van der Waals surface area contributed by atoms with Crippen LogP contribution in [0, 0.1) is 0 Å². The number of hydrogen-bond donors (Lipinski definition) is 1. The molecule has 86 valence electrons. The summed E-state index contributed by atoms with van der Waals surface area (Å²) in [5, 5.41) is 0. The van der Waals surface area contributed by atoms with E-state index in [4.69, 9.17) is 10.6 Å². The monoisotopic (exact) mass is 229 g/mol. The maximum Gasteiger partial charge on any atom is 0.386 e. The lowest BCUT2D eigenvalue weighted by Gasteiger charge is -2.06. The third-order valence-electron chi connectivity index (χ3n) is 2.14. The van der Waals surface area contributed by atoms with E-state index in [-0.39, 0.29) is 0 Å². The molecule has 2 aromatic rings. The third-order valence-corrected chi connectivity index (χ3v) is 2.14. The summed E-state index contributed by atoms with van der Waals surface area (Å²) in [5.74, 6) is -0.245. The Hall–Kier alpha value is -2.49. The van der Waals surface area contributed by atoms with Gasteiger partial charge in [-0.25, -0.2) is 9.68 Å². The topological polar surface area (TPSA) is 61.6 Å². The second-order valence-electron chi connectivity index (χ2n) is 3.36. The normalized spacial score (nSPS) is 9.65. The SMILES string of the molecule is Nc1ccccc1OOC(=O)c1ccccc1. The van der Waals surface area contributed by atoms with Gasteiger partial charge in [-0.05, 0) is 24.3 Å². The van der Waals surface area contributed by atoms with E-state index in [1.165, 1.54) is 0 Å². The van der Waals surface area contributed by atoms with Crippen LogP contribution in [-0.2, 0) is 4.89 Å². The van der Waals surface area contributed by atoms with Gasteiger partial charge in [0.2, 0.25) is 5.75 Å². The van der Waals surface area contributed by atoms with Crippen molar-refractivity contribution in [3.05, 3.63) is 60.2 Å². The van der Waals surface area contributed by atoms with E-state index in [2.05, 4.69) is 4.89 Å². The number of para-hydroxylation sites is 2. The van der Waals surface area contributed by atoms with E-state index in [9.17, 15) is 4.79 Å². The molecule has 0 radical (unpaired) electrons. The van der Waals surface area contributed by atoms with Gasteiger partial charge >= 0.3 is 5.97 Å². The van der Waals surface area contributed by atoms with Gasteiger partial charge in [0.25, 0.3) is 0 Å². The molecule has 0 aliphatic rings. The van der Waals surface area contributed by atoms with Crippen molar-refractivity contribution in [2.45, 2.75) is 0 Å². The van der Waals surface area contributed by atoms with Crippen molar-refractivity contribution in [3.63, 3.8) is 0 Å². The summed E-state index contributed by atoms with van der Waals surface area (Å²) in [6.07, 6.45) is 0. The first-order valence-corrected chi connectivity index (χ1v) is 5.06. The van der Waals surface area contributed by atoms with Gasteiger partial charge in [0, 0.05) is 0 Å². The summed E-state index contributed by atoms with van der Waals surface area (Å²) in [6.45, 7) is 0. The van der Waals surface area contributed by atoms with Crippen molar-refractivity contribution in [2.75, 3.05) is 5.73 Å². The van der Waals surface area contributed by atoms with Crippen LogP contribution in [0.5, 0.6) is 5.75 Å². The zero-order valence-corrected chi connectivity index (χ0v) is 9.00. The predicted molar refractivity (Wildman–Crippen MR) is 63.3 cm³/mol. The Morgan fingerprint density at radius 3 is 2.29 bits per heavy atom. The minimum absolute atomic E-state index is 0.316. The Morgan fingerprint density at radius 1 is 0.941 bits per heavy atom. The van der Waals surface area contributed by atoms with E-state index in [0.29, 0.717) is 17.0 Å². The second kappa shape index (κ2) is 5.03. The Balaban J connectivity index is 2.00. The standard InChI is InChI=1S/C13H11NO3/c14-11-8-4-5-9-12(11)16-17-13(15)10-6-2-1-3-7-10/h1-9H,14H2. The van der Waals surface area contributed by atoms with Gasteiger partial charge in [-0.2, -0.15) is 0 Å². The van der Waals surface area contributed by atoms with Gasteiger partial charge in [0.15, 0.2) is 0 Å². The minimum Gasteiger partial charge on any atom is -0.396 e. The van der Waals surface area contributed by atoms with Crippen molar-refractivity contribution in [2.24, 2.45) is 0 Å². The van der Waals surface area contributed by atoms with E-state index >= 15 is 0 Å². The highest BCUT2D eigenvalue weighted by Gasteiger charge is 2.09. The van der Waals surface area contributed by atoms with Gasteiger partial charge in [-0.1, -0.05) is 30.3 Å². The molecular weight excluding hydrogens is 218 g/mol. The quantitative estimate of drug-likeness (QED) is 0.498. The predicted octanol–water partition coefficient (Wildman–Crippen LogP) is 2.42. The van der Waals surface area contributed by atoms with Crippen molar-refractivity contribution in [1.29, 1.82) is 0 Å². The molecule has 2 N–H and O–H groups in total. The highest BCUT2D eigenvalue weighted by molar-refractivity contribution is 5.88. The van der Waals surface area contributed by atoms with Crippen LogP contribution < -0.4 is 10.6 Å². The Labute approximate surface area is 98.5 Å². The largest absolute Gasteiger partial charge is 0.396 e. The zero-order chi connectivity index (χ0) is 12.1. The van der Waals surface area contributed by atoms with Crippen LogP contribution in [0.3, 0.4) is 0 Å². The molecule has 0 unspecified atom stereocenters. The maximum absolute atomic E-state index is 11.5. The Kier molecular flexibility index (Phi) is 3.25. The van der Waals surface area contributed by atoms with Crippen molar-refractivity contribution >= 4 is 11.7 Å². The molecule has 17 heavy (non-hydrogen) atoms. The molecule has 0 spiro atoms. The molecule has 0 aliphatic heterocycles. The van der Waals surface area contributed by atoms with E-state index < -0.39 is 5.97 Å². The van der Waals surface area contributed by atoms with Crippen molar-refractivity contribution in [3.8, 4) is 5.75 Å². The number of carbonyl (C=O) groups is 1. The lowest BCUT2D eigenvalue weighted by molar-refractivity contribution is -0.148. The first kappa shape index (κ1) is 11.0. The van der Waals surface area contributed by atoms with E-state index in [1.807, 2.05) is 6.07 Å². The fourth-order valence-electron chi connectivity index (χ4n) is 1.26. The van der Waals surface area contributed by atoms with E-state index in [1.54, 1.807) is 48.5 Å². The number of nitrogen functional groups attached to an aromatic ring is 1. The smallest absolute Gasteiger partial charge is 0.386 e. The molecule has 2 aromatic carbocycles. The van der Waals surface area contributed by atoms with Crippen LogP contribution in [0.2, 0.25) is 0 Å². The Morgan fingerprint density at radius 2 is 1.59 bits per heavy atom. The van der Waals surface area contributed by atoms with Crippen LogP contribution >= 0.6 is 0 Å². The van der Waals surface area contributed by atoms with Crippen LogP contribution in [0.25, 0.3) is 0 Å². The summed E-state index contributed by atoms with van der Waals surface area (Å²) < 4.78 is 0. The van der Waals surface area contributed by atoms with Gasteiger partial charge in [-0.3, -0.25) is 4.89 Å². The zero-order valence-electron chi connectivity index (χ0n) is 9.00. The molecule has 2 rings (SSSR count). The van der Waals surface area contributed by atoms with Gasteiger partial charge in [0.1, 0.15) is 0 Å². The molecule has 0 amide bonds. The van der Waals surface area contributed by atoms with Gasteiger partial charge < -0.3 is 5.73 Å². The molecule has 0 saturated heterocycles. The first-order valence-electron chi connectivity index (χ1n) is 5.06. The summed E-state index contributed by atoms with van der Waals surface area (Å²) in [4.78, 5) is 21.1. The number of carbonyl (C=O) groups excluding carboxylic acids is 1. The van der Waals surface area contributed by atoms with Crippen LogP contribution in [0.4, 0.5) is 5.69 Å². The average Bonchev–Trinajstić information content (AvgIpc) is 2.38. The summed E-state index contributed by atoms with van der Waals surface area (Å²) in [5.41, 5.74) is 6.46. The summed E-state index contributed by atoms with van der Waals surface area (Å²) in [7, 11) is 0. The minimum atomic E-state index is -0.561. The molecule has 0 aliphatic carbocycles. The summed E-state index contributed by atoms with van der Waals surface area (Å²) in [6, 6.07) is 15.4. The molecule has 0 bridgehead atoms. The maximum atomic E-state index is 11.5. The number of anilines is 1. The highest BCUT2D eigenvalue weighted by atomic mass is 17.2. The van der Waals surface area contributed by atoms with Crippen LogP contribution in [-0.4, -0.2) is 5.97 Å². The number of rotatable bonds is 3. The Bertz CT molecular complexity index is 511. The molecule has 0 fully saturated rings. The first-order chi connectivity index (χ1) is 8.27. The lowest BCUT2D eigenvalue weighted by Crippen LogP contribution is -2.09. The van der Waals surface area contributed by atoms with Crippen molar-refractivity contribution in [1.82, 2.24) is 0 Å². The van der Waals surface area contributed by atoms with Gasteiger partial charge in [-0.15, -0.1) is 0 Å². The molecule has 0 heterocycles. The van der Waals surface area contributed by atoms with E-state index in [0.717, 1.165) is 0 Å². The molecule has 0 atom stereocenters. The molecular formula is C13H11NO3. The summed E-state index contributed by atoms with van der Waals surface area (Å²) >= 11 is 0.